The molecule has 2 aromatic rings. The van der Waals surface area contributed by atoms with Crippen molar-refractivity contribution >= 4 is 16.6 Å². The van der Waals surface area contributed by atoms with Crippen molar-refractivity contribution in [1.82, 2.24) is 9.97 Å². The normalized spacial score (nSPS) is 10.6. The van der Waals surface area contributed by atoms with Gasteiger partial charge in [-0.2, -0.15) is 0 Å². The van der Waals surface area contributed by atoms with E-state index in [-0.39, 0.29) is 0 Å². The Morgan fingerprint density at radius 3 is 3.19 bits per heavy atom. The minimum atomic E-state index is 0.763. The largest absolute Gasteiger partial charge is 0.385 e. The molecule has 0 aliphatic heterocycles. The molecule has 0 unspecified atom stereocenters. The standard InChI is InChI=1S/C12H15N3O/c1-16-7-3-6-14-11-9-13-8-10-4-2-5-15-12(10)11/h2,4-5,8-9,14H,3,6-7H2,1H3. The zero-order valence-corrected chi connectivity index (χ0v) is 9.31. The number of rotatable bonds is 5. The molecule has 0 aliphatic rings. The average Bonchev–Trinajstić information content (AvgIpc) is 2.35. The minimum Gasteiger partial charge on any atom is -0.385 e. The lowest BCUT2D eigenvalue weighted by Gasteiger charge is -2.07. The number of nitrogens with zero attached hydrogens (tertiary/aromatic N) is 2. The van der Waals surface area contributed by atoms with Gasteiger partial charge in [-0.15, -0.1) is 0 Å². The van der Waals surface area contributed by atoms with Crippen LogP contribution in [0.25, 0.3) is 10.9 Å². The highest BCUT2D eigenvalue weighted by Crippen LogP contribution is 2.18. The van der Waals surface area contributed by atoms with E-state index in [2.05, 4.69) is 15.3 Å². The van der Waals surface area contributed by atoms with Gasteiger partial charge in [0.05, 0.1) is 17.4 Å². The van der Waals surface area contributed by atoms with Gasteiger partial charge >= 0.3 is 0 Å². The molecule has 16 heavy (non-hydrogen) atoms. The molecule has 0 radical (unpaired) electrons. The van der Waals surface area contributed by atoms with Crippen LogP contribution in [0.3, 0.4) is 0 Å². The maximum Gasteiger partial charge on any atom is 0.0964 e. The predicted molar refractivity (Wildman–Crippen MR) is 64.5 cm³/mol. The van der Waals surface area contributed by atoms with E-state index in [1.54, 1.807) is 13.3 Å². The predicted octanol–water partition coefficient (Wildman–Crippen LogP) is 2.08. The lowest BCUT2D eigenvalue weighted by molar-refractivity contribution is 0.198. The topological polar surface area (TPSA) is 47.0 Å². The smallest absolute Gasteiger partial charge is 0.0964 e. The van der Waals surface area contributed by atoms with Crippen LogP contribution in [-0.4, -0.2) is 30.2 Å². The van der Waals surface area contributed by atoms with Gasteiger partial charge in [-0.3, -0.25) is 9.97 Å². The third kappa shape index (κ3) is 2.46. The van der Waals surface area contributed by atoms with E-state index >= 15 is 0 Å². The number of pyridine rings is 2. The van der Waals surface area contributed by atoms with Crippen molar-refractivity contribution in [3.63, 3.8) is 0 Å². The fourth-order valence-corrected chi connectivity index (χ4v) is 1.57. The molecule has 2 aromatic heterocycles. The third-order valence-electron chi connectivity index (χ3n) is 2.35. The summed E-state index contributed by atoms with van der Waals surface area (Å²) in [7, 11) is 1.71. The lowest BCUT2D eigenvalue weighted by atomic mass is 10.2. The average molecular weight is 217 g/mol. The first-order valence-corrected chi connectivity index (χ1v) is 5.33. The molecule has 4 heteroatoms. The zero-order chi connectivity index (χ0) is 11.2. The Labute approximate surface area is 94.7 Å². The Morgan fingerprint density at radius 1 is 1.38 bits per heavy atom. The van der Waals surface area contributed by atoms with Crippen LogP contribution < -0.4 is 5.32 Å². The summed E-state index contributed by atoms with van der Waals surface area (Å²) in [5, 5.41) is 4.37. The van der Waals surface area contributed by atoms with Gasteiger partial charge in [0.15, 0.2) is 0 Å². The molecule has 0 aliphatic carbocycles. The molecule has 2 rings (SSSR count). The summed E-state index contributed by atoms with van der Waals surface area (Å²) in [5.41, 5.74) is 1.95. The van der Waals surface area contributed by atoms with Crippen molar-refractivity contribution < 1.29 is 4.74 Å². The molecule has 0 saturated carbocycles. The van der Waals surface area contributed by atoms with Crippen molar-refractivity contribution in [2.75, 3.05) is 25.6 Å². The summed E-state index contributed by atoms with van der Waals surface area (Å²) in [6.07, 6.45) is 6.40. The molecular weight excluding hydrogens is 202 g/mol. The molecule has 2 heterocycles. The van der Waals surface area contributed by atoms with Gasteiger partial charge in [-0.05, 0) is 18.6 Å². The van der Waals surface area contributed by atoms with E-state index < -0.39 is 0 Å². The van der Waals surface area contributed by atoms with Crippen molar-refractivity contribution in [2.45, 2.75) is 6.42 Å². The molecular formula is C12H15N3O. The monoisotopic (exact) mass is 217 g/mol. The van der Waals surface area contributed by atoms with Crippen molar-refractivity contribution in [3.05, 3.63) is 30.7 Å². The van der Waals surface area contributed by atoms with Crippen LogP contribution >= 0.6 is 0 Å². The number of anilines is 1. The summed E-state index contributed by atoms with van der Waals surface area (Å²) in [6.45, 7) is 1.63. The van der Waals surface area contributed by atoms with Crippen LogP contribution in [0.15, 0.2) is 30.7 Å². The Balaban J connectivity index is 2.11. The molecule has 0 spiro atoms. The second-order valence-electron chi connectivity index (χ2n) is 3.54. The minimum absolute atomic E-state index is 0.763. The van der Waals surface area contributed by atoms with Gasteiger partial charge in [-0.25, -0.2) is 0 Å². The summed E-state index contributed by atoms with van der Waals surface area (Å²) in [5.74, 6) is 0. The first kappa shape index (κ1) is 10.8. The van der Waals surface area contributed by atoms with E-state index in [4.69, 9.17) is 4.74 Å². The summed E-state index contributed by atoms with van der Waals surface area (Å²) in [6, 6.07) is 3.92. The zero-order valence-electron chi connectivity index (χ0n) is 9.31. The Morgan fingerprint density at radius 2 is 2.31 bits per heavy atom. The molecule has 84 valence electrons. The highest BCUT2D eigenvalue weighted by molar-refractivity contribution is 5.88. The Bertz CT molecular complexity index is 453. The number of ether oxygens (including phenoxy) is 1. The van der Waals surface area contributed by atoms with Gasteiger partial charge in [0.2, 0.25) is 0 Å². The number of aromatic nitrogens is 2. The van der Waals surface area contributed by atoms with E-state index in [0.29, 0.717) is 0 Å². The third-order valence-corrected chi connectivity index (χ3v) is 2.35. The fraction of sp³-hybridized carbons (Fsp3) is 0.333. The second-order valence-corrected chi connectivity index (χ2v) is 3.54. The summed E-state index contributed by atoms with van der Waals surface area (Å²) in [4.78, 5) is 8.52. The fourth-order valence-electron chi connectivity index (χ4n) is 1.57. The number of hydrogen-bond donors (Lipinski definition) is 1. The van der Waals surface area contributed by atoms with Crippen LogP contribution in [0.4, 0.5) is 5.69 Å². The molecule has 0 saturated heterocycles. The maximum absolute atomic E-state index is 5.00. The maximum atomic E-state index is 5.00. The van der Waals surface area contributed by atoms with Crippen LogP contribution in [-0.2, 0) is 4.74 Å². The second kappa shape index (κ2) is 5.42. The molecule has 1 N–H and O–H groups in total. The summed E-state index contributed by atoms with van der Waals surface area (Å²) >= 11 is 0. The van der Waals surface area contributed by atoms with Crippen LogP contribution in [0.2, 0.25) is 0 Å². The van der Waals surface area contributed by atoms with Crippen LogP contribution in [0.5, 0.6) is 0 Å². The number of methoxy groups -OCH3 is 1. The molecule has 0 bridgehead atoms. The van der Waals surface area contributed by atoms with E-state index in [9.17, 15) is 0 Å². The SMILES string of the molecule is COCCCNc1cncc2cccnc12. The first-order chi connectivity index (χ1) is 7.92. The van der Waals surface area contributed by atoms with Crippen LogP contribution in [0, 0.1) is 0 Å². The van der Waals surface area contributed by atoms with Gasteiger partial charge < -0.3 is 10.1 Å². The van der Waals surface area contributed by atoms with Crippen molar-refractivity contribution in [1.29, 1.82) is 0 Å². The van der Waals surface area contributed by atoms with Crippen LogP contribution in [0.1, 0.15) is 6.42 Å². The number of hydrogen-bond acceptors (Lipinski definition) is 4. The lowest BCUT2D eigenvalue weighted by Crippen LogP contribution is -2.05. The van der Waals surface area contributed by atoms with Gasteiger partial charge in [0.25, 0.3) is 0 Å². The van der Waals surface area contributed by atoms with E-state index in [1.165, 1.54) is 0 Å². The Kier molecular flexibility index (Phi) is 3.66. The Hall–Kier alpha value is -1.68. The van der Waals surface area contributed by atoms with E-state index in [0.717, 1.165) is 36.2 Å². The van der Waals surface area contributed by atoms with Gasteiger partial charge in [0, 0.05) is 38.0 Å². The van der Waals surface area contributed by atoms with Crippen molar-refractivity contribution in [2.24, 2.45) is 0 Å². The van der Waals surface area contributed by atoms with Gasteiger partial charge in [0.1, 0.15) is 0 Å². The molecule has 0 atom stereocenters. The van der Waals surface area contributed by atoms with E-state index in [1.807, 2.05) is 24.5 Å². The molecule has 0 aromatic carbocycles. The molecule has 0 fully saturated rings. The first-order valence-electron chi connectivity index (χ1n) is 5.33. The van der Waals surface area contributed by atoms with Gasteiger partial charge in [-0.1, -0.05) is 0 Å². The number of fused-ring (bicyclic) bond motifs is 1. The van der Waals surface area contributed by atoms with Crippen molar-refractivity contribution in [3.8, 4) is 0 Å². The molecule has 4 nitrogen and oxygen atoms in total. The highest BCUT2D eigenvalue weighted by Gasteiger charge is 2.00. The molecule has 0 amide bonds. The highest BCUT2D eigenvalue weighted by atomic mass is 16.5. The number of nitrogens with one attached hydrogen (secondary N) is 1. The quantitative estimate of drug-likeness (QED) is 0.779. The summed E-state index contributed by atoms with van der Waals surface area (Å²) < 4.78 is 5.00.